The molecule has 180 valence electrons. The topological polar surface area (TPSA) is 69.3 Å². The molecule has 0 aliphatic heterocycles. The van der Waals surface area contributed by atoms with E-state index in [-0.39, 0.29) is 24.8 Å². The van der Waals surface area contributed by atoms with Crippen LogP contribution in [0.3, 0.4) is 0 Å². The minimum atomic E-state index is -0.336. The lowest BCUT2D eigenvalue weighted by Gasteiger charge is -2.06. The Morgan fingerprint density at radius 1 is 0.944 bits per heavy atom. The molecule has 0 aliphatic carbocycles. The Labute approximate surface area is 218 Å². The van der Waals surface area contributed by atoms with Crippen molar-refractivity contribution >= 4 is 29.1 Å². The maximum Gasteiger partial charge on any atom is 0.287 e. The van der Waals surface area contributed by atoms with Gasteiger partial charge in [-0.1, -0.05) is 71.7 Å². The van der Waals surface area contributed by atoms with Crippen LogP contribution in [-0.2, 0) is 13.2 Å². The zero-order valence-corrected chi connectivity index (χ0v) is 20.5. The number of ether oxygens (including phenoxy) is 1. The maximum atomic E-state index is 12.8. The van der Waals surface area contributed by atoms with Crippen LogP contribution in [0.4, 0.5) is 0 Å². The highest BCUT2D eigenvalue weighted by molar-refractivity contribution is 6.35. The average Bonchev–Trinajstić information content (AvgIpc) is 3.56. The van der Waals surface area contributed by atoms with Gasteiger partial charge in [0.05, 0.1) is 16.4 Å². The molecule has 0 unspecified atom stereocenters. The van der Waals surface area contributed by atoms with Crippen LogP contribution in [0, 0.1) is 0 Å². The molecule has 0 saturated carbocycles. The fourth-order valence-electron chi connectivity index (χ4n) is 3.67. The predicted molar refractivity (Wildman–Crippen MR) is 140 cm³/mol. The van der Waals surface area contributed by atoms with E-state index in [1.807, 2.05) is 71.5 Å². The molecule has 0 aliphatic rings. The molecule has 5 aromatic rings. The molecule has 0 saturated heterocycles. The second kappa shape index (κ2) is 10.7. The zero-order chi connectivity index (χ0) is 24.9. The van der Waals surface area contributed by atoms with E-state index in [4.69, 9.17) is 37.5 Å². The third-order valence-corrected chi connectivity index (χ3v) is 5.98. The number of benzene rings is 3. The van der Waals surface area contributed by atoms with Gasteiger partial charge in [0.25, 0.3) is 5.91 Å². The summed E-state index contributed by atoms with van der Waals surface area (Å²) in [6.45, 7) is 0.402. The van der Waals surface area contributed by atoms with Gasteiger partial charge < -0.3 is 14.5 Å². The molecule has 1 N–H and O–H groups in total. The third-order valence-electron chi connectivity index (χ3n) is 5.45. The molecule has 2 aromatic heterocycles. The Hall–Kier alpha value is -4.00. The normalized spacial score (nSPS) is 10.8. The quantitative estimate of drug-likeness (QED) is 0.241. The van der Waals surface area contributed by atoms with Crippen molar-refractivity contribution in [3.8, 4) is 22.7 Å². The minimum Gasteiger partial charge on any atom is -0.484 e. The van der Waals surface area contributed by atoms with Crippen molar-refractivity contribution in [2.75, 3.05) is 0 Å². The number of halogens is 2. The Kier molecular flexibility index (Phi) is 7.07. The number of furan rings is 1. The lowest BCUT2D eigenvalue weighted by atomic mass is 10.1. The van der Waals surface area contributed by atoms with E-state index in [2.05, 4.69) is 5.32 Å². The van der Waals surface area contributed by atoms with Crippen LogP contribution in [0.5, 0.6) is 5.75 Å². The highest BCUT2D eigenvalue weighted by atomic mass is 35.5. The number of hydrogen-bond donors (Lipinski definition) is 1. The first-order valence-electron chi connectivity index (χ1n) is 11.2. The molecular weight excluding hydrogens is 497 g/mol. The Morgan fingerprint density at radius 3 is 2.44 bits per heavy atom. The summed E-state index contributed by atoms with van der Waals surface area (Å²) >= 11 is 12.1. The van der Waals surface area contributed by atoms with E-state index < -0.39 is 0 Å². The second-order valence-corrected chi connectivity index (χ2v) is 8.80. The molecule has 0 radical (unpaired) electrons. The summed E-state index contributed by atoms with van der Waals surface area (Å²) in [5.41, 5.74) is 3.58. The third kappa shape index (κ3) is 5.46. The summed E-state index contributed by atoms with van der Waals surface area (Å²) in [6.07, 6.45) is 1.93. The molecular formula is C28H21Cl2N3O3. The Morgan fingerprint density at radius 2 is 1.69 bits per heavy atom. The van der Waals surface area contributed by atoms with Crippen molar-refractivity contribution < 1.29 is 13.9 Å². The van der Waals surface area contributed by atoms with Crippen molar-refractivity contribution in [3.05, 3.63) is 124 Å². The number of carbonyl (C=O) groups excluding carboxylic acids is 1. The number of carbonyl (C=O) groups is 1. The maximum absolute atomic E-state index is 12.8. The Bertz CT molecular complexity index is 1480. The fraction of sp³-hybridized carbons (Fsp3) is 0.0714. The van der Waals surface area contributed by atoms with E-state index in [1.165, 1.54) is 0 Å². The van der Waals surface area contributed by atoms with Crippen LogP contribution in [0.2, 0.25) is 10.0 Å². The minimum absolute atomic E-state index is 0.122. The van der Waals surface area contributed by atoms with Gasteiger partial charge >= 0.3 is 0 Å². The molecule has 8 heteroatoms. The van der Waals surface area contributed by atoms with Gasteiger partial charge in [0.15, 0.2) is 5.76 Å². The highest BCUT2D eigenvalue weighted by Crippen LogP contribution is 2.28. The van der Waals surface area contributed by atoms with Gasteiger partial charge in [0.2, 0.25) is 0 Å². The molecule has 6 nitrogen and oxygen atoms in total. The van der Waals surface area contributed by atoms with Crippen molar-refractivity contribution in [2.45, 2.75) is 13.2 Å². The van der Waals surface area contributed by atoms with E-state index in [0.29, 0.717) is 21.6 Å². The van der Waals surface area contributed by atoms with Crippen molar-refractivity contribution in [1.82, 2.24) is 15.1 Å². The molecule has 0 atom stereocenters. The predicted octanol–water partition coefficient (Wildman–Crippen LogP) is 6.95. The summed E-state index contributed by atoms with van der Waals surface area (Å²) < 4.78 is 13.2. The summed E-state index contributed by atoms with van der Waals surface area (Å²) in [5, 5.41) is 8.63. The molecule has 0 spiro atoms. The van der Waals surface area contributed by atoms with Gasteiger partial charge in [0, 0.05) is 28.9 Å². The first-order valence-corrected chi connectivity index (χ1v) is 12.0. The first kappa shape index (κ1) is 23.7. The second-order valence-electron chi connectivity index (χ2n) is 7.96. The summed E-state index contributed by atoms with van der Waals surface area (Å²) in [5.74, 6) is 0.824. The van der Waals surface area contributed by atoms with Crippen molar-refractivity contribution in [2.24, 2.45) is 0 Å². The van der Waals surface area contributed by atoms with Crippen molar-refractivity contribution in [1.29, 1.82) is 0 Å². The molecule has 3 aromatic carbocycles. The number of aromatic nitrogens is 2. The first-order chi connectivity index (χ1) is 17.6. The Balaban J connectivity index is 1.28. The van der Waals surface area contributed by atoms with E-state index in [9.17, 15) is 4.79 Å². The number of amides is 1. The van der Waals surface area contributed by atoms with E-state index in [0.717, 1.165) is 22.5 Å². The van der Waals surface area contributed by atoms with Crippen LogP contribution in [-0.4, -0.2) is 15.7 Å². The van der Waals surface area contributed by atoms with Crippen LogP contribution in [0.15, 0.2) is 102 Å². The van der Waals surface area contributed by atoms with Gasteiger partial charge in [-0.2, -0.15) is 5.10 Å². The van der Waals surface area contributed by atoms with E-state index in [1.54, 1.807) is 30.3 Å². The van der Waals surface area contributed by atoms with Gasteiger partial charge in [-0.3, -0.25) is 4.79 Å². The van der Waals surface area contributed by atoms with E-state index >= 15 is 0 Å². The van der Waals surface area contributed by atoms with Crippen LogP contribution in [0.25, 0.3) is 16.9 Å². The molecule has 2 heterocycles. The molecule has 0 fully saturated rings. The van der Waals surface area contributed by atoms with Crippen molar-refractivity contribution in [3.63, 3.8) is 0 Å². The van der Waals surface area contributed by atoms with Gasteiger partial charge in [0.1, 0.15) is 18.1 Å². The molecule has 1 amide bonds. The van der Waals surface area contributed by atoms with Crippen LogP contribution in [0.1, 0.15) is 21.9 Å². The SMILES string of the molecule is O=C(NCc1cn(-c2ccccc2)nc1-c1ccccc1)c1ccc(COc2ccc(Cl)cc2Cl)o1. The summed E-state index contributed by atoms with van der Waals surface area (Å²) in [7, 11) is 0. The monoisotopic (exact) mass is 517 g/mol. The van der Waals surface area contributed by atoms with Gasteiger partial charge in [-0.15, -0.1) is 0 Å². The number of para-hydroxylation sites is 1. The van der Waals surface area contributed by atoms with Crippen LogP contribution < -0.4 is 10.1 Å². The number of nitrogens with zero attached hydrogens (tertiary/aromatic N) is 2. The molecule has 0 bridgehead atoms. The fourth-order valence-corrected chi connectivity index (χ4v) is 4.14. The van der Waals surface area contributed by atoms with Gasteiger partial charge in [-0.25, -0.2) is 4.68 Å². The summed E-state index contributed by atoms with van der Waals surface area (Å²) in [6, 6.07) is 28.0. The highest BCUT2D eigenvalue weighted by Gasteiger charge is 2.16. The lowest BCUT2D eigenvalue weighted by Crippen LogP contribution is -2.22. The number of nitrogens with one attached hydrogen (secondary N) is 1. The van der Waals surface area contributed by atoms with Crippen LogP contribution >= 0.6 is 23.2 Å². The van der Waals surface area contributed by atoms with Gasteiger partial charge in [-0.05, 0) is 42.5 Å². The number of rotatable bonds is 8. The standard InChI is InChI=1S/C28H21Cl2N3O3/c29-21-11-13-25(24(30)15-21)35-18-23-12-14-26(36-23)28(34)31-16-20-17-33(22-9-5-2-6-10-22)32-27(20)19-7-3-1-4-8-19/h1-15,17H,16,18H2,(H,31,34). The zero-order valence-electron chi connectivity index (χ0n) is 19.0. The average molecular weight is 518 g/mol. The smallest absolute Gasteiger partial charge is 0.287 e. The number of hydrogen-bond acceptors (Lipinski definition) is 4. The lowest BCUT2D eigenvalue weighted by molar-refractivity contribution is 0.0919. The largest absolute Gasteiger partial charge is 0.484 e. The molecule has 36 heavy (non-hydrogen) atoms. The molecule has 5 rings (SSSR count). The summed E-state index contributed by atoms with van der Waals surface area (Å²) in [4.78, 5) is 12.8.